The zero-order valence-corrected chi connectivity index (χ0v) is 15.4. The second-order valence-corrected chi connectivity index (χ2v) is 7.33. The van der Waals surface area contributed by atoms with Gasteiger partial charge in [-0.2, -0.15) is 0 Å². The predicted octanol–water partition coefficient (Wildman–Crippen LogP) is 4.65. The molecular weight excluding hydrogens is 358 g/mol. The lowest BCUT2D eigenvalue weighted by Crippen LogP contribution is -2.05. The molecule has 0 saturated heterocycles. The minimum Gasteiger partial charge on any atom is -0.468 e. The Hall–Kier alpha value is -2.32. The van der Waals surface area contributed by atoms with E-state index in [1.54, 1.807) is 13.0 Å². The first kappa shape index (κ1) is 17.5. The number of hydrogen-bond acceptors (Lipinski definition) is 8. The van der Waals surface area contributed by atoms with E-state index in [1.807, 2.05) is 31.2 Å². The van der Waals surface area contributed by atoms with E-state index in [9.17, 15) is 4.79 Å². The van der Waals surface area contributed by atoms with Gasteiger partial charge in [-0.3, -0.25) is 0 Å². The molecule has 3 rings (SSSR count). The molecule has 3 aromatic rings. The quantitative estimate of drug-likeness (QED) is 0.475. The summed E-state index contributed by atoms with van der Waals surface area (Å²) in [5.74, 6) is 0.692. The van der Waals surface area contributed by atoms with Crippen molar-refractivity contribution in [1.82, 2.24) is 10.2 Å². The number of esters is 1. The molecule has 0 amide bonds. The summed E-state index contributed by atoms with van der Waals surface area (Å²) in [6, 6.07) is 9.69. The number of carbonyl (C=O) groups is 1. The lowest BCUT2D eigenvalue weighted by atomic mass is 10.2. The number of aromatic nitrogens is 2. The largest absolute Gasteiger partial charge is 0.468 e. The summed E-state index contributed by atoms with van der Waals surface area (Å²) in [4.78, 5) is 11.8. The van der Waals surface area contributed by atoms with E-state index in [-0.39, 0.29) is 5.97 Å². The molecule has 6 nitrogen and oxygen atoms in total. The maximum atomic E-state index is 11.8. The maximum absolute atomic E-state index is 11.8. The van der Waals surface area contributed by atoms with E-state index in [1.165, 1.54) is 34.9 Å². The number of carbonyl (C=O) groups excluding carboxylic acids is 1. The molecule has 0 saturated carbocycles. The lowest BCUT2D eigenvalue weighted by molar-refractivity contribution is 0.0524. The molecule has 2 heterocycles. The fraction of sp³-hybridized carbons (Fsp3) is 0.235. The highest BCUT2D eigenvalue weighted by Gasteiger charge is 2.16. The van der Waals surface area contributed by atoms with E-state index < -0.39 is 0 Å². The van der Waals surface area contributed by atoms with Crippen LogP contribution < -0.4 is 5.32 Å². The maximum Gasteiger partial charge on any atom is 0.341 e. The average Bonchev–Trinajstić information content (AvgIpc) is 3.24. The number of benzene rings is 1. The standard InChI is InChI=1S/C17H17N3O3S2/c1-3-22-15(21)13-8-9-23-14(13)10-24-17-20-19-16(25-17)18-12-6-4-11(2)5-7-12/h4-9H,3,10H2,1-2H3,(H,18,19). The molecule has 1 aromatic carbocycles. The molecule has 0 spiro atoms. The molecule has 1 N–H and O–H groups in total. The number of aryl methyl sites for hydroxylation is 1. The topological polar surface area (TPSA) is 77.2 Å². The Labute approximate surface area is 153 Å². The van der Waals surface area contributed by atoms with Gasteiger partial charge in [0.05, 0.1) is 18.6 Å². The van der Waals surface area contributed by atoms with Crippen LogP contribution in [-0.4, -0.2) is 22.8 Å². The molecule has 0 bridgehead atoms. The van der Waals surface area contributed by atoms with Crippen LogP contribution in [0.25, 0.3) is 0 Å². The summed E-state index contributed by atoms with van der Waals surface area (Å²) in [6.07, 6.45) is 1.49. The number of anilines is 2. The first-order valence-electron chi connectivity index (χ1n) is 7.69. The highest BCUT2D eigenvalue weighted by atomic mass is 32.2. The average molecular weight is 375 g/mol. The van der Waals surface area contributed by atoms with E-state index >= 15 is 0 Å². The van der Waals surface area contributed by atoms with Gasteiger partial charge in [-0.1, -0.05) is 40.8 Å². The van der Waals surface area contributed by atoms with Gasteiger partial charge in [0.25, 0.3) is 0 Å². The van der Waals surface area contributed by atoms with Crippen molar-refractivity contribution in [3.8, 4) is 0 Å². The Morgan fingerprint density at radius 2 is 2.08 bits per heavy atom. The molecular formula is C17H17N3O3S2. The van der Waals surface area contributed by atoms with Crippen LogP contribution in [0, 0.1) is 6.92 Å². The van der Waals surface area contributed by atoms with Gasteiger partial charge < -0.3 is 14.5 Å². The van der Waals surface area contributed by atoms with Gasteiger partial charge in [-0.15, -0.1) is 10.2 Å². The highest BCUT2D eigenvalue weighted by molar-refractivity contribution is 8.00. The summed E-state index contributed by atoms with van der Waals surface area (Å²) in [7, 11) is 0. The van der Waals surface area contributed by atoms with Gasteiger partial charge in [0.2, 0.25) is 5.13 Å². The summed E-state index contributed by atoms with van der Waals surface area (Å²) in [5.41, 5.74) is 2.63. The van der Waals surface area contributed by atoms with Crippen molar-refractivity contribution in [1.29, 1.82) is 0 Å². The zero-order chi connectivity index (χ0) is 17.6. The van der Waals surface area contributed by atoms with Crippen LogP contribution in [0.1, 0.15) is 28.6 Å². The number of nitrogens with one attached hydrogen (secondary N) is 1. The first-order chi connectivity index (χ1) is 12.2. The van der Waals surface area contributed by atoms with Gasteiger partial charge in [0.15, 0.2) is 4.34 Å². The first-order valence-corrected chi connectivity index (χ1v) is 9.49. The second-order valence-electron chi connectivity index (χ2n) is 5.13. The minimum absolute atomic E-state index is 0.334. The number of rotatable bonds is 7. The summed E-state index contributed by atoms with van der Waals surface area (Å²) < 4.78 is 11.2. The van der Waals surface area contributed by atoms with E-state index in [0.717, 1.165) is 15.2 Å². The molecule has 25 heavy (non-hydrogen) atoms. The molecule has 0 aliphatic heterocycles. The Morgan fingerprint density at radius 3 is 2.84 bits per heavy atom. The van der Waals surface area contributed by atoms with Crippen LogP contribution in [0.2, 0.25) is 0 Å². The van der Waals surface area contributed by atoms with Crippen molar-refractivity contribution in [2.75, 3.05) is 11.9 Å². The fourth-order valence-electron chi connectivity index (χ4n) is 2.05. The van der Waals surface area contributed by atoms with E-state index in [4.69, 9.17) is 9.15 Å². The molecule has 0 radical (unpaired) electrons. The van der Waals surface area contributed by atoms with Crippen LogP contribution in [0.3, 0.4) is 0 Å². The summed E-state index contributed by atoms with van der Waals surface area (Å²) in [6.45, 7) is 4.15. The second kappa shape index (κ2) is 8.17. The SMILES string of the molecule is CCOC(=O)c1ccoc1CSc1nnc(Nc2ccc(C)cc2)s1. The minimum atomic E-state index is -0.370. The van der Waals surface area contributed by atoms with Crippen molar-refractivity contribution in [2.45, 2.75) is 23.9 Å². The van der Waals surface area contributed by atoms with Crippen LogP contribution in [0.5, 0.6) is 0 Å². The van der Waals surface area contributed by atoms with Crippen molar-refractivity contribution >= 4 is 39.9 Å². The molecule has 0 atom stereocenters. The molecule has 0 unspecified atom stereocenters. The number of thioether (sulfide) groups is 1. The number of furan rings is 1. The molecule has 130 valence electrons. The molecule has 0 fully saturated rings. The van der Waals surface area contributed by atoms with Crippen LogP contribution in [0.15, 0.2) is 45.4 Å². The monoisotopic (exact) mass is 375 g/mol. The van der Waals surface area contributed by atoms with Crippen molar-refractivity contribution in [3.05, 3.63) is 53.5 Å². The van der Waals surface area contributed by atoms with E-state index in [0.29, 0.717) is 23.7 Å². The van der Waals surface area contributed by atoms with Gasteiger partial charge >= 0.3 is 5.97 Å². The Kier molecular flexibility index (Phi) is 5.72. The van der Waals surface area contributed by atoms with Gasteiger partial charge in [0, 0.05) is 5.69 Å². The molecule has 2 aromatic heterocycles. The number of ether oxygens (including phenoxy) is 1. The summed E-state index contributed by atoms with van der Waals surface area (Å²) >= 11 is 2.92. The van der Waals surface area contributed by atoms with E-state index in [2.05, 4.69) is 15.5 Å². The van der Waals surface area contributed by atoms with Crippen molar-refractivity contribution < 1.29 is 13.9 Å². The third kappa shape index (κ3) is 4.61. The Balaban J connectivity index is 1.60. The van der Waals surface area contributed by atoms with Crippen molar-refractivity contribution in [3.63, 3.8) is 0 Å². The molecule has 0 aliphatic rings. The van der Waals surface area contributed by atoms with Crippen LogP contribution >= 0.6 is 23.1 Å². The highest BCUT2D eigenvalue weighted by Crippen LogP contribution is 2.31. The van der Waals surface area contributed by atoms with Gasteiger partial charge in [0.1, 0.15) is 11.3 Å². The lowest BCUT2D eigenvalue weighted by Gasteiger charge is -2.02. The third-order valence-electron chi connectivity index (χ3n) is 3.28. The van der Waals surface area contributed by atoms with Crippen LogP contribution in [-0.2, 0) is 10.5 Å². The predicted molar refractivity (Wildman–Crippen MR) is 98.6 cm³/mol. The van der Waals surface area contributed by atoms with Crippen molar-refractivity contribution in [2.24, 2.45) is 0 Å². The molecule has 8 heteroatoms. The normalized spacial score (nSPS) is 10.6. The van der Waals surface area contributed by atoms with Crippen LogP contribution in [0.4, 0.5) is 10.8 Å². The third-order valence-corrected chi connectivity index (χ3v) is 5.25. The van der Waals surface area contributed by atoms with Gasteiger partial charge in [-0.25, -0.2) is 4.79 Å². The van der Waals surface area contributed by atoms with Gasteiger partial charge in [-0.05, 0) is 32.0 Å². The summed E-state index contributed by atoms with van der Waals surface area (Å²) in [5, 5.41) is 12.2. The Bertz CT molecular complexity index is 843. The number of hydrogen-bond donors (Lipinski definition) is 1. The Morgan fingerprint density at radius 1 is 1.28 bits per heavy atom. The molecule has 0 aliphatic carbocycles. The fourth-order valence-corrected chi connectivity index (χ4v) is 3.77. The number of nitrogens with zero attached hydrogens (tertiary/aromatic N) is 2. The zero-order valence-electron chi connectivity index (χ0n) is 13.8. The smallest absolute Gasteiger partial charge is 0.341 e.